The van der Waals surface area contributed by atoms with E-state index in [1.165, 1.54) is 49.8 Å². The first kappa shape index (κ1) is 31.5. The lowest BCUT2D eigenvalue weighted by Gasteiger charge is -2.32. The van der Waals surface area contributed by atoms with Crippen molar-refractivity contribution < 1.29 is 49.5 Å². The van der Waals surface area contributed by atoms with Gasteiger partial charge < -0.3 is 15.7 Å². The molecule has 9 nitrogen and oxygen atoms in total. The van der Waals surface area contributed by atoms with Gasteiger partial charge in [-0.05, 0) is 35.9 Å². The SMILES string of the molecule is CCS(=O)(=O)c1ccc(C(NC(=O)Cc2ccncn2)C(=O)Nc2ccc(C(O)(C(F)(F)F)C(F)(F)F)cc2)cc1. The number of alkyl halides is 6. The van der Waals surface area contributed by atoms with Crippen molar-refractivity contribution in [2.45, 2.75) is 42.2 Å². The van der Waals surface area contributed by atoms with Crippen molar-refractivity contribution in [3.63, 3.8) is 0 Å². The Morgan fingerprint density at radius 3 is 2.00 bits per heavy atom. The molecule has 3 N–H and O–H groups in total. The molecule has 1 unspecified atom stereocenters. The van der Waals surface area contributed by atoms with Crippen molar-refractivity contribution in [3.05, 3.63) is 83.9 Å². The Hall–Kier alpha value is -4.05. The number of nitrogens with one attached hydrogen (secondary N) is 2. The molecular weight excluding hydrogens is 582 g/mol. The minimum absolute atomic E-state index is 0.0485. The summed E-state index contributed by atoms with van der Waals surface area (Å²) in [5, 5.41) is 14.3. The number of anilines is 1. The van der Waals surface area contributed by atoms with E-state index in [2.05, 4.69) is 20.6 Å². The number of benzene rings is 2. The van der Waals surface area contributed by atoms with Gasteiger partial charge in [0.1, 0.15) is 12.4 Å². The maximum absolute atomic E-state index is 13.2. The Bertz CT molecular complexity index is 1470. The van der Waals surface area contributed by atoms with Gasteiger partial charge in [-0.1, -0.05) is 31.2 Å². The van der Waals surface area contributed by atoms with Crippen LogP contribution < -0.4 is 10.6 Å². The van der Waals surface area contributed by atoms with Gasteiger partial charge in [0.2, 0.25) is 5.91 Å². The summed E-state index contributed by atoms with van der Waals surface area (Å²) in [6, 6.07) is 7.09. The van der Waals surface area contributed by atoms with Crippen molar-refractivity contribution in [2.75, 3.05) is 11.1 Å². The third-order valence-corrected chi connectivity index (χ3v) is 7.65. The normalized spacial score (nSPS) is 13.4. The second-order valence-corrected chi connectivity index (χ2v) is 10.9. The van der Waals surface area contributed by atoms with E-state index in [1.807, 2.05) is 0 Å². The lowest BCUT2D eigenvalue weighted by molar-refractivity contribution is -0.376. The molecule has 1 atom stereocenters. The number of halogens is 6. The molecule has 0 radical (unpaired) electrons. The molecular formula is C25H22F6N4O5S. The van der Waals surface area contributed by atoms with Crippen LogP contribution in [0.2, 0.25) is 0 Å². The Balaban J connectivity index is 1.90. The summed E-state index contributed by atoms with van der Waals surface area (Å²) in [6.07, 6.45) is -9.88. The number of aliphatic hydroxyl groups is 1. The first-order chi connectivity index (χ1) is 19.0. The van der Waals surface area contributed by atoms with Gasteiger partial charge in [-0.3, -0.25) is 9.59 Å². The topological polar surface area (TPSA) is 138 Å². The highest BCUT2D eigenvalue weighted by Crippen LogP contribution is 2.50. The number of hydrogen-bond acceptors (Lipinski definition) is 7. The van der Waals surface area contributed by atoms with Crippen LogP contribution in [0.4, 0.5) is 32.0 Å². The molecule has 0 spiro atoms. The highest BCUT2D eigenvalue weighted by atomic mass is 32.2. The van der Waals surface area contributed by atoms with E-state index in [4.69, 9.17) is 0 Å². The fourth-order valence-corrected chi connectivity index (χ4v) is 4.52. The minimum Gasteiger partial charge on any atom is -0.369 e. The zero-order valence-electron chi connectivity index (χ0n) is 21.0. The molecule has 16 heteroatoms. The van der Waals surface area contributed by atoms with Crippen LogP contribution in [0.1, 0.15) is 29.8 Å². The van der Waals surface area contributed by atoms with Gasteiger partial charge in [0.05, 0.1) is 22.8 Å². The van der Waals surface area contributed by atoms with Crippen LogP contribution in [-0.2, 0) is 31.4 Å². The lowest BCUT2D eigenvalue weighted by Crippen LogP contribution is -2.53. The zero-order chi connectivity index (χ0) is 30.6. The van der Waals surface area contributed by atoms with Crippen molar-refractivity contribution in [2.24, 2.45) is 0 Å². The molecule has 0 aliphatic rings. The average molecular weight is 605 g/mol. The van der Waals surface area contributed by atoms with Crippen LogP contribution in [0, 0.1) is 0 Å². The van der Waals surface area contributed by atoms with Gasteiger partial charge >= 0.3 is 12.4 Å². The van der Waals surface area contributed by atoms with Crippen LogP contribution in [0.15, 0.2) is 72.0 Å². The predicted molar refractivity (Wildman–Crippen MR) is 132 cm³/mol. The molecule has 220 valence electrons. The van der Waals surface area contributed by atoms with Gasteiger partial charge in [0.25, 0.3) is 11.5 Å². The fourth-order valence-electron chi connectivity index (χ4n) is 3.63. The number of hydrogen-bond donors (Lipinski definition) is 3. The van der Waals surface area contributed by atoms with Crippen LogP contribution in [0.5, 0.6) is 0 Å². The van der Waals surface area contributed by atoms with Gasteiger partial charge in [0, 0.05) is 17.4 Å². The maximum atomic E-state index is 13.2. The first-order valence-corrected chi connectivity index (χ1v) is 13.3. The lowest BCUT2D eigenvalue weighted by atomic mass is 9.92. The second kappa shape index (κ2) is 11.8. The summed E-state index contributed by atoms with van der Waals surface area (Å²) >= 11 is 0. The summed E-state index contributed by atoms with van der Waals surface area (Å²) in [5.41, 5.74) is -6.52. The predicted octanol–water partition coefficient (Wildman–Crippen LogP) is 3.62. The monoisotopic (exact) mass is 604 g/mol. The molecule has 0 saturated carbocycles. The second-order valence-electron chi connectivity index (χ2n) is 8.62. The molecule has 1 aromatic heterocycles. The molecule has 41 heavy (non-hydrogen) atoms. The van der Waals surface area contributed by atoms with Crippen LogP contribution in [0.3, 0.4) is 0 Å². The highest BCUT2D eigenvalue weighted by molar-refractivity contribution is 7.91. The molecule has 3 aromatic rings. The molecule has 0 saturated heterocycles. The number of carbonyl (C=O) groups is 2. The zero-order valence-corrected chi connectivity index (χ0v) is 21.8. The van der Waals surface area contributed by atoms with E-state index >= 15 is 0 Å². The number of sulfone groups is 1. The van der Waals surface area contributed by atoms with Gasteiger partial charge in [0.15, 0.2) is 9.84 Å². The van der Waals surface area contributed by atoms with E-state index in [-0.39, 0.29) is 28.3 Å². The Morgan fingerprint density at radius 2 is 1.51 bits per heavy atom. The average Bonchev–Trinajstić information content (AvgIpc) is 2.91. The molecule has 0 aliphatic heterocycles. The van der Waals surface area contributed by atoms with Crippen LogP contribution >= 0.6 is 0 Å². The summed E-state index contributed by atoms with van der Waals surface area (Å²) < 4.78 is 103. The molecule has 0 bridgehead atoms. The number of aromatic nitrogens is 2. The summed E-state index contributed by atoms with van der Waals surface area (Å²) in [6.45, 7) is 1.43. The molecule has 0 fully saturated rings. The molecule has 2 amide bonds. The van der Waals surface area contributed by atoms with Crippen LogP contribution in [0.25, 0.3) is 0 Å². The van der Waals surface area contributed by atoms with Gasteiger partial charge in [-0.25, -0.2) is 18.4 Å². The van der Waals surface area contributed by atoms with Crippen LogP contribution in [-0.4, -0.2) is 53.4 Å². The Kier molecular flexibility index (Phi) is 9.08. The van der Waals surface area contributed by atoms with Gasteiger partial charge in [-0.2, -0.15) is 26.3 Å². The maximum Gasteiger partial charge on any atom is 0.430 e. The summed E-state index contributed by atoms with van der Waals surface area (Å²) in [4.78, 5) is 33.4. The molecule has 1 heterocycles. The third kappa shape index (κ3) is 7.00. The standard InChI is InChI=1S/C25H22F6N4O5S/c1-2-41(39,40)19-9-3-15(4-10-19)21(35-20(36)13-18-11-12-32-14-33-18)22(37)34-17-7-5-16(6-8-17)23(38,24(26,27)28)25(29,30)31/h3-12,14,21,38H,2,13H2,1H3,(H,34,37)(H,35,36). The summed E-state index contributed by atoms with van der Waals surface area (Å²) in [7, 11) is -3.59. The minimum atomic E-state index is -6.09. The number of carbonyl (C=O) groups excluding carboxylic acids is 2. The van der Waals surface area contributed by atoms with Crippen molar-refractivity contribution in [1.82, 2.24) is 15.3 Å². The number of nitrogens with zero attached hydrogens (tertiary/aromatic N) is 2. The van der Waals surface area contributed by atoms with Crippen molar-refractivity contribution in [3.8, 4) is 0 Å². The first-order valence-electron chi connectivity index (χ1n) is 11.6. The Morgan fingerprint density at radius 1 is 0.927 bits per heavy atom. The quantitative estimate of drug-likeness (QED) is 0.317. The van der Waals surface area contributed by atoms with E-state index in [1.54, 1.807) is 0 Å². The fraction of sp³-hybridized carbons (Fsp3) is 0.280. The molecule has 3 rings (SSSR count). The molecule has 0 aliphatic carbocycles. The van der Waals surface area contributed by atoms with E-state index in [0.29, 0.717) is 30.0 Å². The number of rotatable bonds is 9. The summed E-state index contributed by atoms with van der Waals surface area (Å²) in [5.74, 6) is -1.84. The van der Waals surface area contributed by atoms with E-state index < -0.39 is 51.2 Å². The number of amides is 2. The Labute approximate surface area is 229 Å². The largest absolute Gasteiger partial charge is 0.430 e. The van der Waals surface area contributed by atoms with Crippen molar-refractivity contribution >= 4 is 27.3 Å². The smallest absolute Gasteiger partial charge is 0.369 e. The van der Waals surface area contributed by atoms with E-state index in [0.717, 1.165) is 0 Å². The van der Waals surface area contributed by atoms with Crippen molar-refractivity contribution in [1.29, 1.82) is 0 Å². The van der Waals surface area contributed by atoms with E-state index in [9.17, 15) is 49.5 Å². The highest BCUT2D eigenvalue weighted by Gasteiger charge is 2.71. The molecule has 2 aromatic carbocycles. The van der Waals surface area contributed by atoms with Gasteiger partial charge in [-0.15, -0.1) is 0 Å². The third-order valence-electron chi connectivity index (χ3n) is 5.90.